The maximum absolute atomic E-state index is 10.9. The second-order valence-electron chi connectivity index (χ2n) is 3.05. The third kappa shape index (κ3) is 2.37. The first-order valence-corrected chi connectivity index (χ1v) is 5.33. The van der Waals surface area contributed by atoms with Gasteiger partial charge in [-0.15, -0.1) is 0 Å². The second kappa shape index (κ2) is 3.96. The first-order chi connectivity index (χ1) is 5.24. The van der Waals surface area contributed by atoms with Gasteiger partial charge in [-0.1, -0.05) is 5.57 Å². The number of thioether (sulfide) groups is 1. The van der Waals surface area contributed by atoms with E-state index in [1.54, 1.807) is 0 Å². The Morgan fingerprint density at radius 2 is 2.45 bits per heavy atom. The van der Waals surface area contributed by atoms with Crippen LogP contribution in [-0.4, -0.2) is 17.8 Å². The summed E-state index contributed by atoms with van der Waals surface area (Å²) in [5.74, 6) is 2.12. The molecule has 0 aromatic rings. The van der Waals surface area contributed by atoms with Gasteiger partial charge in [-0.2, -0.15) is 11.8 Å². The Balaban J connectivity index is 2.57. The van der Waals surface area contributed by atoms with Gasteiger partial charge in [0.05, 0.1) is 0 Å². The maximum atomic E-state index is 10.9. The van der Waals surface area contributed by atoms with E-state index in [9.17, 15) is 4.79 Å². The minimum Gasteiger partial charge on any atom is -0.295 e. The third-order valence-corrected chi connectivity index (χ3v) is 2.88. The van der Waals surface area contributed by atoms with Crippen molar-refractivity contribution in [2.24, 2.45) is 5.92 Å². The maximum Gasteiger partial charge on any atom is 0.155 e. The van der Waals surface area contributed by atoms with E-state index in [1.165, 1.54) is 5.57 Å². The highest BCUT2D eigenvalue weighted by atomic mass is 32.2. The molecular formula is C9H14OS. The first kappa shape index (κ1) is 8.85. The van der Waals surface area contributed by atoms with Gasteiger partial charge in [-0.3, -0.25) is 4.79 Å². The van der Waals surface area contributed by atoms with Crippen LogP contribution in [0.1, 0.15) is 19.8 Å². The van der Waals surface area contributed by atoms with Crippen LogP contribution in [0.3, 0.4) is 0 Å². The fourth-order valence-corrected chi connectivity index (χ4v) is 2.24. The lowest BCUT2D eigenvalue weighted by Crippen LogP contribution is -2.14. The minimum absolute atomic E-state index is 0.305. The average molecular weight is 170 g/mol. The highest BCUT2D eigenvalue weighted by Crippen LogP contribution is 2.24. The quantitative estimate of drug-likeness (QED) is 0.632. The summed E-state index contributed by atoms with van der Waals surface area (Å²) in [5, 5.41) is 0. The Hall–Kier alpha value is -0.240. The highest BCUT2D eigenvalue weighted by molar-refractivity contribution is 7.98. The molecule has 2 heteroatoms. The number of carbonyl (C=O) groups excluding carboxylic acids is 1. The topological polar surface area (TPSA) is 17.1 Å². The summed E-state index contributed by atoms with van der Waals surface area (Å²) < 4.78 is 0. The van der Waals surface area contributed by atoms with Gasteiger partial charge in [0.1, 0.15) is 0 Å². The molecule has 0 spiro atoms. The summed E-state index contributed by atoms with van der Waals surface area (Å²) in [6, 6.07) is 0. The van der Waals surface area contributed by atoms with Crippen molar-refractivity contribution >= 4 is 17.5 Å². The predicted octanol–water partition coefficient (Wildman–Crippen LogP) is 2.27. The van der Waals surface area contributed by atoms with E-state index in [-0.39, 0.29) is 0 Å². The van der Waals surface area contributed by atoms with E-state index >= 15 is 0 Å². The van der Waals surface area contributed by atoms with E-state index in [4.69, 9.17) is 0 Å². The van der Waals surface area contributed by atoms with Crippen LogP contribution in [0.15, 0.2) is 11.6 Å². The van der Waals surface area contributed by atoms with E-state index < -0.39 is 0 Å². The van der Waals surface area contributed by atoms with Gasteiger partial charge in [-0.25, -0.2) is 0 Å². The monoisotopic (exact) mass is 170 g/mol. The number of hydrogen-bond acceptors (Lipinski definition) is 2. The molecule has 0 saturated heterocycles. The lowest BCUT2D eigenvalue weighted by molar-refractivity contribution is -0.115. The predicted molar refractivity (Wildman–Crippen MR) is 49.9 cm³/mol. The number of ketones is 1. The molecule has 1 unspecified atom stereocenters. The summed E-state index contributed by atoms with van der Waals surface area (Å²) in [6.07, 6.45) is 5.73. The van der Waals surface area contributed by atoms with Crippen molar-refractivity contribution in [3.05, 3.63) is 11.6 Å². The van der Waals surface area contributed by atoms with Crippen LogP contribution in [0.4, 0.5) is 0 Å². The summed E-state index contributed by atoms with van der Waals surface area (Å²) in [4.78, 5) is 10.9. The Morgan fingerprint density at radius 1 is 1.73 bits per heavy atom. The number of carbonyl (C=O) groups is 1. The molecule has 0 aromatic carbocycles. The molecule has 0 aliphatic heterocycles. The van der Waals surface area contributed by atoms with Gasteiger partial charge in [0.25, 0.3) is 0 Å². The molecule has 62 valence electrons. The molecule has 11 heavy (non-hydrogen) atoms. The Labute approximate surface area is 72.2 Å². The van der Waals surface area contributed by atoms with Crippen LogP contribution in [0.5, 0.6) is 0 Å². The molecule has 0 N–H and O–H groups in total. The SMILES string of the molecule is CSCC1CCC(=O)C=C1C. The first-order valence-electron chi connectivity index (χ1n) is 3.94. The van der Waals surface area contributed by atoms with Gasteiger partial charge in [0.2, 0.25) is 0 Å². The molecule has 1 nitrogen and oxygen atoms in total. The van der Waals surface area contributed by atoms with Crippen molar-refractivity contribution in [3.63, 3.8) is 0 Å². The summed E-state index contributed by atoms with van der Waals surface area (Å²) in [7, 11) is 0. The fraction of sp³-hybridized carbons (Fsp3) is 0.667. The molecule has 1 rings (SSSR count). The molecule has 1 aliphatic carbocycles. The number of allylic oxidation sites excluding steroid dienone is 2. The van der Waals surface area contributed by atoms with Crippen LogP contribution in [0, 0.1) is 5.92 Å². The zero-order valence-corrected chi connectivity index (χ0v) is 7.91. The van der Waals surface area contributed by atoms with Crippen LogP contribution < -0.4 is 0 Å². The molecule has 0 radical (unpaired) electrons. The molecule has 0 saturated carbocycles. The van der Waals surface area contributed by atoms with Crippen LogP contribution in [0.25, 0.3) is 0 Å². The van der Waals surface area contributed by atoms with Crippen LogP contribution >= 0.6 is 11.8 Å². The van der Waals surface area contributed by atoms with Crippen molar-refractivity contribution in [2.75, 3.05) is 12.0 Å². The van der Waals surface area contributed by atoms with E-state index in [0.717, 1.165) is 18.6 Å². The fourth-order valence-electron chi connectivity index (χ4n) is 1.40. The molecule has 0 bridgehead atoms. The van der Waals surface area contributed by atoms with E-state index in [2.05, 4.69) is 13.2 Å². The Morgan fingerprint density at radius 3 is 3.00 bits per heavy atom. The average Bonchev–Trinajstić information content (AvgIpc) is 1.95. The van der Waals surface area contributed by atoms with E-state index in [0.29, 0.717) is 11.7 Å². The van der Waals surface area contributed by atoms with Gasteiger partial charge in [-0.05, 0) is 37.3 Å². The lowest BCUT2D eigenvalue weighted by Gasteiger charge is -2.19. The molecule has 0 amide bonds. The molecule has 1 aliphatic rings. The van der Waals surface area contributed by atoms with E-state index in [1.807, 2.05) is 17.8 Å². The van der Waals surface area contributed by atoms with Crippen LogP contribution in [-0.2, 0) is 4.79 Å². The number of hydrogen-bond donors (Lipinski definition) is 0. The van der Waals surface area contributed by atoms with Crippen LogP contribution in [0.2, 0.25) is 0 Å². The Bertz CT molecular complexity index is 184. The summed E-state index contributed by atoms with van der Waals surface area (Å²) >= 11 is 1.86. The molecule has 0 fully saturated rings. The van der Waals surface area contributed by atoms with Crippen molar-refractivity contribution < 1.29 is 4.79 Å². The zero-order chi connectivity index (χ0) is 8.27. The second-order valence-corrected chi connectivity index (χ2v) is 3.96. The van der Waals surface area contributed by atoms with Crippen molar-refractivity contribution in [1.82, 2.24) is 0 Å². The van der Waals surface area contributed by atoms with Gasteiger partial charge < -0.3 is 0 Å². The molecule has 1 atom stereocenters. The normalized spacial score (nSPS) is 25.1. The zero-order valence-electron chi connectivity index (χ0n) is 7.09. The van der Waals surface area contributed by atoms with Gasteiger partial charge >= 0.3 is 0 Å². The third-order valence-electron chi connectivity index (χ3n) is 2.14. The standard InChI is InChI=1S/C9H14OS/c1-7-5-9(10)4-3-8(7)6-11-2/h5,8H,3-4,6H2,1-2H3. The largest absolute Gasteiger partial charge is 0.295 e. The van der Waals surface area contributed by atoms with Gasteiger partial charge in [0.15, 0.2) is 5.78 Å². The number of rotatable bonds is 2. The lowest BCUT2D eigenvalue weighted by atomic mass is 9.90. The highest BCUT2D eigenvalue weighted by Gasteiger charge is 2.17. The minimum atomic E-state index is 0.305. The molecular weight excluding hydrogens is 156 g/mol. The summed E-state index contributed by atoms with van der Waals surface area (Å²) in [6.45, 7) is 2.07. The van der Waals surface area contributed by atoms with Crippen molar-refractivity contribution in [1.29, 1.82) is 0 Å². The summed E-state index contributed by atoms with van der Waals surface area (Å²) in [5.41, 5.74) is 1.27. The Kier molecular flexibility index (Phi) is 3.18. The van der Waals surface area contributed by atoms with Crippen molar-refractivity contribution in [2.45, 2.75) is 19.8 Å². The molecule has 0 aromatic heterocycles. The van der Waals surface area contributed by atoms with Gasteiger partial charge in [0, 0.05) is 6.42 Å². The molecule has 0 heterocycles. The van der Waals surface area contributed by atoms with Crippen molar-refractivity contribution in [3.8, 4) is 0 Å². The smallest absolute Gasteiger partial charge is 0.155 e.